The average Bonchev–Trinajstić information content (AvgIpc) is 2.44. The average molecular weight is 296 g/mol. The number of ether oxygens (including phenoxy) is 1. The number of nitrogens with one attached hydrogen (secondary N) is 2. The van der Waals surface area contributed by atoms with Crippen molar-refractivity contribution in [3.8, 4) is 5.75 Å². The van der Waals surface area contributed by atoms with E-state index in [9.17, 15) is 9.18 Å². The quantitative estimate of drug-likeness (QED) is 0.688. The van der Waals surface area contributed by atoms with E-state index < -0.39 is 0 Å². The summed E-state index contributed by atoms with van der Waals surface area (Å²) in [6.07, 6.45) is 1.06. The molecule has 0 aliphatic carbocycles. The Hall–Kier alpha value is -1.62. The largest absolute Gasteiger partial charge is 0.493 e. The van der Waals surface area contributed by atoms with Crippen molar-refractivity contribution in [3.05, 3.63) is 29.6 Å². The second-order valence-corrected chi connectivity index (χ2v) is 5.40. The molecule has 21 heavy (non-hydrogen) atoms. The van der Waals surface area contributed by atoms with Crippen LogP contribution in [0.3, 0.4) is 0 Å². The molecule has 0 unspecified atom stereocenters. The molecule has 0 bridgehead atoms. The van der Waals surface area contributed by atoms with Gasteiger partial charge in [0.15, 0.2) is 0 Å². The van der Waals surface area contributed by atoms with Gasteiger partial charge in [0.25, 0.3) is 0 Å². The van der Waals surface area contributed by atoms with Gasteiger partial charge in [-0.05, 0) is 37.1 Å². The molecule has 1 amide bonds. The topological polar surface area (TPSA) is 50.4 Å². The molecule has 0 spiro atoms. The fourth-order valence-corrected chi connectivity index (χ4v) is 1.86. The Bertz CT molecular complexity index is 450. The first-order chi connectivity index (χ1) is 10.0. The van der Waals surface area contributed by atoms with E-state index in [2.05, 4.69) is 24.5 Å². The summed E-state index contributed by atoms with van der Waals surface area (Å²) in [5, 5.41) is 5.84. The highest BCUT2D eigenvalue weighted by Crippen LogP contribution is 2.20. The zero-order chi connectivity index (χ0) is 15.7. The van der Waals surface area contributed by atoms with Gasteiger partial charge in [-0.1, -0.05) is 13.8 Å². The fraction of sp³-hybridized carbons (Fsp3) is 0.562. The first-order valence-electron chi connectivity index (χ1n) is 7.35. The third kappa shape index (κ3) is 7.09. The van der Waals surface area contributed by atoms with Gasteiger partial charge >= 0.3 is 0 Å². The first-order valence-corrected chi connectivity index (χ1v) is 7.35. The smallest absolute Gasteiger partial charge is 0.219 e. The van der Waals surface area contributed by atoms with Gasteiger partial charge in [0.05, 0.1) is 6.61 Å². The van der Waals surface area contributed by atoms with Crippen molar-refractivity contribution < 1.29 is 13.9 Å². The van der Waals surface area contributed by atoms with Crippen molar-refractivity contribution in [1.82, 2.24) is 10.6 Å². The van der Waals surface area contributed by atoms with Gasteiger partial charge in [0, 0.05) is 25.6 Å². The molecule has 0 saturated carbocycles. The molecule has 0 aliphatic rings. The lowest BCUT2D eigenvalue weighted by molar-refractivity contribution is -0.120. The summed E-state index contributed by atoms with van der Waals surface area (Å²) in [7, 11) is 1.61. The monoisotopic (exact) mass is 296 g/mol. The van der Waals surface area contributed by atoms with E-state index in [1.54, 1.807) is 13.1 Å². The molecule has 0 aromatic heterocycles. The SMILES string of the molecule is CNC(=O)CCCOc1ccc(F)cc1CNCC(C)C. The summed E-state index contributed by atoms with van der Waals surface area (Å²) < 4.78 is 19.0. The lowest BCUT2D eigenvalue weighted by Gasteiger charge is -2.13. The molecular formula is C16H25FN2O2. The van der Waals surface area contributed by atoms with E-state index in [-0.39, 0.29) is 11.7 Å². The van der Waals surface area contributed by atoms with Crippen LogP contribution in [0, 0.1) is 11.7 Å². The van der Waals surface area contributed by atoms with Crippen molar-refractivity contribution in [1.29, 1.82) is 0 Å². The second kappa shape index (κ2) is 9.34. The van der Waals surface area contributed by atoms with Gasteiger partial charge in [-0.25, -0.2) is 4.39 Å². The number of amides is 1. The second-order valence-electron chi connectivity index (χ2n) is 5.40. The third-order valence-electron chi connectivity index (χ3n) is 2.98. The zero-order valence-corrected chi connectivity index (χ0v) is 13.0. The van der Waals surface area contributed by atoms with Crippen molar-refractivity contribution >= 4 is 5.91 Å². The molecule has 118 valence electrons. The minimum absolute atomic E-state index is 0.00321. The molecule has 1 aromatic carbocycles. The highest BCUT2D eigenvalue weighted by atomic mass is 19.1. The Labute approximate surface area is 126 Å². The van der Waals surface area contributed by atoms with E-state index in [0.717, 1.165) is 12.1 Å². The van der Waals surface area contributed by atoms with E-state index in [0.29, 0.717) is 37.7 Å². The number of carbonyl (C=O) groups is 1. The maximum Gasteiger partial charge on any atom is 0.219 e. The van der Waals surface area contributed by atoms with E-state index in [1.165, 1.54) is 12.1 Å². The highest BCUT2D eigenvalue weighted by molar-refractivity contribution is 5.75. The van der Waals surface area contributed by atoms with Crippen LogP contribution in [0.15, 0.2) is 18.2 Å². The van der Waals surface area contributed by atoms with E-state index >= 15 is 0 Å². The maximum absolute atomic E-state index is 13.3. The third-order valence-corrected chi connectivity index (χ3v) is 2.98. The summed E-state index contributed by atoms with van der Waals surface area (Å²) >= 11 is 0. The van der Waals surface area contributed by atoms with Crippen LogP contribution in [0.25, 0.3) is 0 Å². The molecule has 0 fully saturated rings. The molecule has 4 nitrogen and oxygen atoms in total. The van der Waals surface area contributed by atoms with Crippen LogP contribution in [0.4, 0.5) is 4.39 Å². The van der Waals surface area contributed by atoms with Gasteiger partial charge in [-0.15, -0.1) is 0 Å². The molecule has 1 aromatic rings. The summed E-state index contributed by atoms with van der Waals surface area (Å²) in [6, 6.07) is 4.52. The summed E-state index contributed by atoms with van der Waals surface area (Å²) in [5.74, 6) is 0.936. The van der Waals surface area contributed by atoms with Gasteiger partial charge in [-0.2, -0.15) is 0 Å². The van der Waals surface area contributed by atoms with Crippen molar-refractivity contribution in [2.24, 2.45) is 5.92 Å². The number of benzene rings is 1. The molecule has 2 N–H and O–H groups in total. The summed E-state index contributed by atoms with van der Waals surface area (Å²) in [4.78, 5) is 11.1. The van der Waals surface area contributed by atoms with Crippen LogP contribution in [-0.2, 0) is 11.3 Å². The minimum atomic E-state index is -0.269. The van der Waals surface area contributed by atoms with Crippen molar-refractivity contribution in [2.45, 2.75) is 33.2 Å². The number of hydrogen-bond donors (Lipinski definition) is 2. The van der Waals surface area contributed by atoms with Crippen LogP contribution in [0.1, 0.15) is 32.3 Å². The van der Waals surface area contributed by atoms with Crippen LogP contribution in [-0.4, -0.2) is 26.1 Å². The Balaban J connectivity index is 2.49. The minimum Gasteiger partial charge on any atom is -0.493 e. The van der Waals surface area contributed by atoms with E-state index in [1.807, 2.05) is 0 Å². The lowest BCUT2D eigenvalue weighted by atomic mass is 10.1. The highest BCUT2D eigenvalue weighted by Gasteiger charge is 2.06. The normalized spacial score (nSPS) is 10.7. The molecular weight excluding hydrogens is 271 g/mol. The van der Waals surface area contributed by atoms with Crippen molar-refractivity contribution in [3.63, 3.8) is 0 Å². The van der Waals surface area contributed by atoms with Gasteiger partial charge in [0.2, 0.25) is 5.91 Å². The zero-order valence-electron chi connectivity index (χ0n) is 13.0. The Morgan fingerprint density at radius 2 is 2.14 bits per heavy atom. The van der Waals surface area contributed by atoms with Crippen LogP contribution < -0.4 is 15.4 Å². The standard InChI is InChI=1S/C16H25FN2O2/c1-12(2)10-19-11-13-9-14(17)6-7-15(13)21-8-4-5-16(20)18-3/h6-7,9,12,19H,4-5,8,10-11H2,1-3H3,(H,18,20). The molecule has 5 heteroatoms. The Kier molecular flexibility index (Phi) is 7.75. The molecule has 0 atom stereocenters. The number of rotatable bonds is 9. The van der Waals surface area contributed by atoms with Gasteiger partial charge < -0.3 is 15.4 Å². The predicted octanol–water partition coefficient (Wildman–Crippen LogP) is 2.48. The number of carbonyl (C=O) groups excluding carboxylic acids is 1. The first kappa shape index (κ1) is 17.4. The van der Waals surface area contributed by atoms with Gasteiger partial charge in [-0.3, -0.25) is 4.79 Å². The van der Waals surface area contributed by atoms with Crippen LogP contribution in [0.2, 0.25) is 0 Å². The van der Waals surface area contributed by atoms with Gasteiger partial charge in [0.1, 0.15) is 11.6 Å². The van der Waals surface area contributed by atoms with E-state index in [4.69, 9.17) is 4.74 Å². The summed E-state index contributed by atoms with van der Waals surface area (Å²) in [6.45, 7) is 6.12. The molecule has 0 aliphatic heterocycles. The van der Waals surface area contributed by atoms with Crippen LogP contribution in [0.5, 0.6) is 5.75 Å². The maximum atomic E-state index is 13.3. The lowest BCUT2D eigenvalue weighted by Crippen LogP contribution is -2.20. The van der Waals surface area contributed by atoms with Crippen molar-refractivity contribution in [2.75, 3.05) is 20.2 Å². The Morgan fingerprint density at radius 3 is 2.81 bits per heavy atom. The predicted molar refractivity (Wildman–Crippen MR) is 81.7 cm³/mol. The van der Waals surface area contributed by atoms with Crippen LogP contribution >= 0.6 is 0 Å². The molecule has 0 radical (unpaired) electrons. The fourth-order valence-electron chi connectivity index (χ4n) is 1.86. The Morgan fingerprint density at radius 1 is 1.38 bits per heavy atom. The summed E-state index contributed by atoms with van der Waals surface area (Å²) in [5.41, 5.74) is 0.801. The number of halogens is 1. The molecule has 1 rings (SSSR count). The molecule has 0 heterocycles. The number of hydrogen-bond acceptors (Lipinski definition) is 3. The molecule has 0 saturated heterocycles.